The first-order valence-electron chi connectivity index (χ1n) is 11.4. The van der Waals surface area contributed by atoms with Crippen molar-refractivity contribution in [2.45, 2.75) is 62.4 Å². The molecule has 2 aromatic rings. The van der Waals surface area contributed by atoms with Crippen LogP contribution in [0.1, 0.15) is 49.3 Å². The van der Waals surface area contributed by atoms with E-state index in [2.05, 4.69) is 26.8 Å². The average Bonchev–Trinajstić information content (AvgIpc) is 3.19. The van der Waals surface area contributed by atoms with Crippen molar-refractivity contribution < 1.29 is 26.3 Å². The van der Waals surface area contributed by atoms with Gasteiger partial charge in [-0.1, -0.05) is 30.3 Å². The monoisotopic (exact) mass is 498 g/mol. The van der Waals surface area contributed by atoms with Gasteiger partial charge in [-0.05, 0) is 43.6 Å². The van der Waals surface area contributed by atoms with Crippen LogP contribution in [0.3, 0.4) is 0 Å². The smallest absolute Gasteiger partial charge is 0.376 e. The molecule has 11 heteroatoms. The third-order valence-corrected chi connectivity index (χ3v) is 7.33. The number of aromatic nitrogens is 2. The Morgan fingerprint density at radius 3 is 2.44 bits per heavy atom. The second-order valence-corrected chi connectivity index (χ2v) is 10.8. The number of sulfonamides is 1. The van der Waals surface area contributed by atoms with Gasteiger partial charge in [-0.15, -0.1) is 0 Å². The molecule has 2 atom stereocenters. The first-order chi connectivity index (χ1) is 16.1. The normalized spacial score (nSPS) is 26.1. The number of benzene rings is 1. The predicted molar refractivity (Wildman–Crippen MR) is 122 cm³/mol. The van der Waals surface area contributed by atoms with Crippen LogP contribution < -0.4 is 9.62 Å². The van der Waals surface area contributed by atoms with E-state index in [-0.39, 0.29) is 18.5 Å². The molecule has 1 saturated carbocycles. The second-order valence-electron chi connectivity index (χ2n) is 9.02. The van der Waals surface area contributed by atoms with Crippen LogP contribution in [-0.4, -0.2) is 56.0 Å². The van der Waals surface area contributed by atoms with Crippen LogP contribution in [0, 0.1) is 0 Å². The summed E-state index contributed by atoms with van der Waals surface area (Å²) in [7, 11) is -3.50. The summed E-state index contributed by atoms with van der Waals surface area (Å²) in [5, 5.41) is 0. The van der Waals surface area contributed by atoms with E-state index < -0.39 is 34.0 Å². The molecule has 34 heavy (non-hydrogen) atoms. The van der Waals surface area contributed by atoms with E-state index in [0.29, 0.717) is 18.9 Å². The van der Waals surface area contributed by atoms with Crippen LogP contribution in [0.5, 0.6) is 0 Å². The van der Waals surface area contributed by atoms with E-state index in [1.807, 2.05) is 18.2 Å². The highest BCUT2D eigenvalue weighted by Gasteiger charge is 2.39. The average molecular weight is 499 g/mol. The van der Waals surface area contributed by atoms with Gasteiger partial charge in [0.15, 0.2) is 0 Å². The zero-order valence-corrected chi connectivity index (χ0v) is 19.7. The van der Waals surface area contributed by atoms with Crippen molar-refractivity contribution in [3.05, 3.63) is 54.0 Å². The molecule has 1 aliphatic heterocycles. The number of ether oxygens (including phenoxy) is 1. The number of alkyl halides is 3. The molecular weight excluding hydrogens is 469 g/mol. The highest BCUT2D eigenvalue weighted by Crippen LogP contribution is 2.35. The highest BCUT2D eigenvalue weighted by atomic mass is 32.2. The van der Waals surface area contributed by atoms with E-state index >= 15 is 0 Å². The summed E-state index contributed by atoms with van der Waals surface area (Å²) in [5.74, 6) is 0.604. The number of anilines is 1. The lowest BCUT2D eigenvalue weighted by Gasteiger charge is -2.33. The van der Waals surface area contributed by atoms with Gasteiger partial charge >= 0.3 is 6.18 Å². The molecule has 1 saturated heterocycles. The Hall–Kier alpha value is -2.24. The van der Waals surface area contributed by atoms with Gasteiger partial charge in [0.25, 0.3) is 0 Å². The van der Waals surface area contributed by atoms with Gasteiger partial charge in [0.05, 0.1) is 25.0 Å². The van der Waals surface area contributed by atoms with Crippen molar-refractivity contribution in [3.63, 3.8) is 0 Å². The van der Waals surface area contributed by atoms with Crippen molar-refractivity contribution in [2.75, 3.05) is 24.3 Å². The molecule has 1 aromatic heterocycles. The van der Waals surface area contributed by atoms with Crippen molar-refractivity contribution in [3.8, 4) is 0 Å². The van der Waals surface area contributed by atoms with Gasteiger partial charge in [-0.25, -0.2) is 23.1 Å². The summed E-state index contributed by atoms with van der Waals surface area (Å²) in [5.41, 5.74) is 0.292. The third kappa shape index (κ3) is 6.25. The molecule has 0 unspecified atom stereocenters. The largest absolute Gasteiger partial charge is 0.433 e. The fraction of sp³-hybridized carbons (Fsp3) is 0.565. The minimum Gasteiger partial charge on any atom is -0.376 e. The molecule has 0 spiro atoms. The third-order valence-electron chi connectivity index (χ3n) is 6.60. The summed E-state index contributed by atoms with van der Waals surface area (Å²) in [6.45, 7) is 0.551. The Morgan fingerprint density at radius 1 is 1.09 bits per heavy atom. The van der Waals surface area contributed by atoms with Crippen molar-refractivity contribution in [1.29, 1.82) is 0 Å². The SMILES string of the molecule is CS(=O)(=O)N[C@H]1CCN(c2cc(C(F)(F)F)ncn2)[C@H]1COC1CCC(c2ccccc2)CC1. The lowest BCUT2D eigenvalue weighted by atomic mass is 9.83. The summed E-state index contributed by atoms with van der Waals surface area (Å²) in [6, 6.07) is 10.3. The fourth-order valence-electron chi connectivity index (χ4n) is 4.94. The Balaban J connectivity index is 1.44. The Kier molecular flexibility index (Phi) is 7.44. The van der Waals surface area contributed by atoms with Crippen LogP contribution in [-0.2, 0) is 20.9 Å². The van der Waals surface area contributed by atoms with Crippen LogP contribution in [0.25, 0.3) is 0 Å². The van der Waals surface area contributed by atoms with Crippen molar-refractivity contribution >= 4 is 15.8 Å². The fourth-order valence-corrected chi connectivity index (χ4v) is 5.76. The van der Waals surface area contributed by atoms with Gasteiger partial charge in [0.1, 0.15) is 17.8 Å². The number of rotatable bonds is 7. The van der Waals surface area contributed by atoms with E-state index in [4.69, 9.17) is 4.74 Å². The topological polar surface area (TPSA) is 84.4 Å². The molecule has 2 aliphatic rings. The Bertz CT molecular complexity index is 1060. The maximum atomic E-state index is 13.2. The molecule has 4 rings (SSSR count). The van der Waals surface area contributed by atoms with E-state index in [1.165, 1.54) is 5.56 Å². The van der Waals surface area contributed by atoms with Gasteiger partial charge in [-0.2, -0.15) is 13.2 Å². The molecule has 1 N–H and O–H groups in total. The van der Waals surface area contributed by atoms with Crippen LogP contribution in [0.4, 0.5) is 19.0 Å². The van der Waals surface area contributed by atoms with E-state index in [9.17, 15) is 21.6 Å². The molecule has 1 aromatic carbocycles. The second kappa shape index (κ2) is 10.2. The first-order valence-corrected chi connectivity index (χ1v) is 13.3. The van der Waals surface area contributed by atoms with E-state index in [1.54, 1.807) is 4.90 Å². The number of nitrogens with one attached hydrogen (secondary N) is 1. The van der Waals surface area contributed by atoms with Crippen LogP contribution in [0.2, 0.25) is 0 Å². The predicted octanol–water partition coefficient (Wildman–Crippen LogP) is 3.73. The quantitative estimate of drug-likeness (QED) is 0.626. The number of nitrogens with zero attached hydrogens (tertiary/aromatic N) is 3. The first kappa shape index (κ1) is 24.9. The lowest BCUT2D eigenvalue weighted by Crippen LogP contribution is -2.48. The Morgan fingerprint density at radius 2 is 1.79 bits per heavy atom. The minimum absolute atomic E-state index is 0.0254. The zero-order valence-electron chi connectivity index (χ0n) is 18.9. The Labute approximate surface area is 197 Å². The number of halogens is 3. The summed E-state index contributed by atoms with van der Waals surface area (Å²) < 4.78 is 72.1. The molecule has 1 aliphatic carbocycles. The van der Waals surface area contributed by atoms with Crippen LogP contribution in [0.15, 0.2) is 42.7 Å². The van der Waals surface area contributed by atoms with Crippen LogP contribution >= 0.6 is 0 Å². The minimum atomic E-state index is -4.59. The summed E-state index contributed by atoms with van der Waals surface area (Å²) in [6.07, 6.45) is 1.58. The van der Waals surface area contributed by atoms with Gasteiger partial charge in [0, 0.05) is 18.7 Å². The molecule has 0 bridgehead atoms. The van der Waals surface area contributed by atoms with Gasteiger partial charge in [0.2, 0.25) is 10.0 Å². The summed E-state index contributed by atoms with van der Waals surface area (Å²) in [4.78, 5) is 9.06. The highest BCUT2D eigenvalue weighted by molar-refractivity contribution is 7.88. The molecule has 186 valence electrons. The molecule has 7 nitrogen and oxygen atoms in total. The lowest BCUT2D eigenvalue weighted by molar-refractivity contribution is -0.141. The molecule has 2 heterocycles. The zero-order chi connectivity index (χ0) is 24.3. The number of hydrogen-bond donors (Lipinski definition) is 1. The maximum Gasteiger partial charge on any atom is 0.433 e. The summed E-state index contributed by atoms with van der Waals surface area (Å²) >= 11 is 0. The molecule has 0 amide bonds. The van der Waals surface area contributed by atoms with Gasteiger partial charge in [-0.3, -0.25) is 0 Å². The molecular formula is C23H29F3N4O3S. The van der Waals surface area contributed by atoms with Crippen molar-refractivity contribution in [2.24, 2.45) is 0 Å². The maximum absolute atomic E-state index is 13.2. The van der Waals surface area contributed by atoms with E-state index in [0.717, 1.165) is 44.3 Å². The van der Waals surface area contributed by atoms with Crippen molar-refractivity contribution in [1.82, 2.24) is 14.7 Å². The number of hydrogen-bond acceptors (Lipinski definition) is 6. The molecule has 0 radical (unpaired) electrons. The van der Waals surface area contributed by atoms with Gasteiger partial charge < -0.3 is 9.64 Å². The standard InChI is InChI=1S/C23H29F3N4O3S/c1-34(31,32)29-19-11-12-30(22-13-21(23(24,25)26)27-15-28-22)20(19)14-33-18-9-7-17(8-10-18)16-5-3-2-4-6-16/h2-6,13,15,17-20,29H,7-12,14H2,1H3/t17?,18?,19-,20-/m0/s1. The molecule has 2 fully saturated rings.